The maximum absolute atomic E-state index is 4.93. The van der Waals surface area contributed by atoms with Crippen molar-refractivity contribution < 1.29 is 67.5 Å². The van der Waals surface area contributed by atoms with Crippen LogP contribution in [0.1, 0.15) is 217 Å². The topological polar surface area (TPSA) is 0 Å². The summed E-state index contributed by atoms with van der Waals surface area (Å²) in [6.45, 7) is 20.9. The fraction of sp³-hybridized carbons (Fsp3) is 0.840. The molecule has 0 nitrogen and oxygen atoms in total. The van der Waals surface area contributed by atoms with Crippen LogP contribution in [0.15, 0.2) is 0 Å². The van der Waals surface area contributed by atoms with E-state index in [0.717, 1.165) is 53.3 Å². The van der Waals surface area contributed by atoms with Crippen LogP contribution in [0, 0.1) is 110 Å². The van der Waals surface area contributed by atoms with Crippen molar-refractivity contribution >= 4 is 34.1 Å². The van der Waals surface area contributed by atoms with Gasteiger partial charge in [-0.25, -0.2) is 0 Å². The van der Waals surface area contributed by atoms with Crippen LogP contribution < -0.4 is 0 Å². The number of rotatable bonds is 5. The first-order chi connectivity index (χ1) is 24.0. The van der Waals surface area contributed by atoms with Gasteiger partial charge >= 0.3 is 102 Å². The van der Waals surface area contributed by atoms with E-state index in [9.17, 15) is 0 Å². The third-order valence-corrected chi connectivity index (χ3v) is 12.2. The molecule has 0 spiro atoms. The molecule has 6 rings (SSSR count). The molecular formula is C50H104Cl4HfZr2. The maximum Gasteiger partial charge on any atom is 4.00 e. The smallest absolute Gasteiger partial charge is 4.00 e. The van der Waals surface area contributed by atoms with Gasteiger partial charge in [0.15, 0.2) is 0 Å². The van der Waals surface area contributed by atoms with E-state index in [1.807, 2.05) is 0 Å². The minimum absolute atomic E-state index is 0. The van der Waals surface area contributed by atoms with Crippen molar-refractivity contribution in [3.05, 3.63) is 56.4 Å². The van der Waals surface area contributed by atoms with Gasteiger partial charge in [0.05, 0.1) is 0 Å². The van der Waals surface area contributed by atoms with Gasteiger partial charge in [-0.05, 0) is 17.8 Å². The molecule has 0 amide bonds. The molecule has 0 aliphatic heterocycles. The van der Waals surface area contributed by atoms with E-state index in [1.54, 1.807) is 0 Å². The Balaban J connectivity index is -0.0000000662. The molecule has 0 bridgehead atoms. The van der Waals surface area contributed by atoms with Crippen LogP contribution in [0.25, 0.3) is 0 Å². The molecule has 57 heavy (non-hydrogen) atoms. The molecule has 344 valence electrons. The second-order valence-electron chi connectivity index (χ2n) is 16.7. The molecule has 0 N–H and O–H groups in total. The van der Waals surface area contributed by atoms with Crippen molar-refractivity contribution in [1.29, 1.82) is 0 Å². The van der Waals surface area contributed by atoms with Crippen LogP contribution in [-0.4, -0.2) is 0 Å². The minimum Gasteiger partial charge on any atom is 4.00 e. The Morgan fingerprint density at radius 2 is 0.737 bits per heavy atom. The molecule has 6 aliphatic rings. The summed E-state index contributed by atoms with van der Waals surface area (Å²) in [7, 11) is 19.7. The standard InChI is InChI=1S/2C9H17.C8H15.3C6H12.CH4.5CH3.4ClH.Hf.2Zr/c1-6-5-7(2)9(4)8(6)3;1-2-3-6-9-7-4-5-8-9;1-2-5-8-6-3-4-7-8;3*1-6-4-2-3-5-6;;;;;;;;;;;;;/h5-9H,1-4H3;7,9H,2-6,8H2,1H3;6,8H,2-5,7H2,1H3;3*6H,2-5H2,1H3;1H4;5*1H3;4*1H;;;/q3*-1;;;;;5*-1;;;;;3*+4/p-4. The zero-order valence-corrected chi connectivity index (χ0v) is 51.7. The average Bonchev–Trinajstić information content (AvgIpc) is 3.95. The van der Waals surface area contributed by atoms with Crippen LogP contribution in [-0.2, 0) is 67.5 Å². The van der Waals surface area contributed by atoms with E-state index in [2.05, 4.69) is 81.6 Å². The maximum atomic E-state index is 4.93. The zero-order chi connectivity index (χ0) is 38.0. The second kappa shape index (κ2) is 59.8. The Morgan fingerprint density at radius 1 is 0.456 bits per heavy atom. The number of hydrogen-bond acceptors (Lipinski definition) is 0. The van der Waals surface area contributed by atoms with Crippen LogP contribution in [0.5, 0.6) is 0 Å². The van der Waals surface area contributed by atoms with Crippen LogP contribution in [0.4, 0.5) is 0 Å². The first-order valence-corrected chi connectivity index (χ1v) is 34.1. The zero-order valence-electron chi connectivity index (χ0n) is 40.2. The van der Waals surface area contributed by atoms with E-state index < -0.39 is 41.7 Å². The third-order valence-electron chi connectivity index (χ3n) is 12.2. The molecule has 0 heterocycles. The predicted molar refractivity (Wildman–Crippen MR) is 264 cm³/mol. The van der Waals surface area contributed by atoms with Gasteiger partial charge in [0.2, 0.25) is 0 Å². The second-order valence-corrected chi connectivity index (χ2v) is 24.2. The Bertz CT molecular complexity index is 599. The van der Waals surface area contributed by atoms with Crippen molar-refractivity contribution in [2.24, 2.45) is 53.3 Å². The Morgan fingerprint density at radius 3 is 0.895 bits per heavy atom. The molecule has 7 heteroatoms. The summed E-state index contributed by atoms with van der Waals surface area (Å²) in [5.41, 5.74) is 0. The van der Waals surface area contributed by atoms with Gasteiger partial charge in [0, 0.05) is 0 Å². The van der Waals surface area contributed by atoms with Gasteiger partial charge in [-0.2, -0.15) is 36.5 Å². The SMILES string of the molecule is C.CC1CCCC1.CC1CCCC1.CC1CCCC1.CC1[CH-]C(C)C(C)C1C.CCCC1[CH-]CCC1.CCCCC1[CH-]CCC1.[CH3-].[CH3-].[CH3-].[CH3-].[CH3-].[Cl][Zr+2][Cl].[Cl][Zr+2][Cl].[Hf+4]. The van der Waals surface area contributed by atoms with E-state index >= 15 is 0 Å². The van der Waals surface area contributed by atoms with Crippen molar-refractivity contribution in [2.75, 3.05) is 0 Å². The van der Waals surface area contributed by atoms with E-state index in [4.69, 9.17) is 34.1 Å². The monoisotopic (exact) mass is 1200 g/mol. The van der Waals surface area contributed by atoms with Crippen LogP contribution in [0.3, 0.4) is 0 Å². The summed E-state index contributed by atoms with van der Waals surface area (Å²) in [4.78, 5) is 0. The summed E-state index contributed by atoms with van der Waals surface area (Å²) in [5.74, 6) is 8.61. The summed E-state index contributed by atoms with van der Waals surface area (Å²) in [6, 6.07) is 0. The van der Waals surface area contributed by atoms with Crippen LogP contribution >= 0.6 is 34.1 Å². The van der Waals surface area contributed by atoms with E-state index in [1.165, 1.54) is 148 Å². The summed E-state index contributed by atoms with van der Waals surface area (Å²) in [6.07, 6.45) is 41.0. The van der Waals surface area contributed by atoms with E-state index in [-0.39, 0.29) is 70.4 Å². The number of unbranched alkanes of at least 4 members (excludes halogenated alkanes) is 1. The quantitative estimate of drug-likeness (QED) is 0.190. The normalized spacial score (nSPS) is 24.9. The predicted octanol–water partition coefficient (Wildman–Crippen LogP) is 20.9. The summed E-state index contributed by atoms with van der Waals surface area (Å²) < 4.78 is 0. The van der Waals surface area contributed by atoms with Crippen LogP contribution in [0.2, 0.25) is 0 Å². The fourth-order valence-corrected chi connectivity index (χ4v) is 8.24. The summed E-state index contributed by atoms with van der Waals surface area (Å²) in [5, 5.41) is 0. The molecular weight excluding hydrogens is 1100 g/mol. The van der Waals surface area contributed by atoms with E-state index in [0.29, 0.717) is 0 Å². The van der Waals surface area contributed by atoms with Gasteiger partial charge in [-0.15, -0.1) is 0 Å². The van der Waals surface area contributed by atoms with Gasteiger partial charge < -0.3 is 56.4 Å². The molecule has 6 unspecified atom stereocenters. The minimum atomic E-state index is -0.826. The summed E-state index contributed by atoms with van der Waals surface area (Å²) >= 11 is -1.65. The van der Waals surface area contributed by atoms with Gasteiger partial charge in [0.1, 0.15) is 0 Å². The molecule has 0 aromatic heterocycles. The van der Waals surface area contributed by atoms with Crippen molar-refractivity contribution in [1.82, 2.24) is 0 Å². The molecule has 6 atom stereocenters. The first-order valence-electron chi connectivity index (χ1n) is 21.4. The largest absolute Gasteiger partial charge is 4.00 e. The number of halogens is 4. The third kappa shape index (κ3) is 52.3. The molecule has 0 radical (unpaired) electrons. The number of hydrogen-bond donors (Lipinski definition) is 0. The Kier molecular flexibility index (Phi) is 85.0. The Hall–Kier alpha value is 3.80. The Labute approximate surface area is 423 Å². The average molecular weight is 1210 g/mol. The van der Waals surface area contributed by atoms with Crippen molar-refractivity contribution in [3.63, 3.8) is 0 Å². The van der Waals surface area contributed by atoms with Crippen molar-refractivity contribution in [3.8, 4) is 0 Å². The van der Waals surface area contributed by atoms with Gasteiger partial charge in [-0.3, -0.25) is 0 Å². The fourth-order valence-electron chi connectivity index (χ4n) is 8.24. The van der Waals surface area contributed by atoms with Gasteiger partial charge in [-0.1, -0.05) is 216 Å². The van der Waals surface area contributed by atoms with Gasteiger partial charge in [0.25, 0.3) is 0 Å². The molecule has 6 fully saturated rings. The molecule has 6 saturated carbocycles. The molecule has 6 aliphatic carbocycles. The molecule has 0 aromatic carbocycles. The molecule has 0 saturated heterocycles. The molecule has 0 aromatic rings. The first kappa shape index (κ1) is 81.0. The van der Waals surface area contributed by atoms with Crippen molar-refractivity contribution in [2.45, 2.75) is 217 Å².